The number of halogens is 1. The maximum atomic E-state index is 12.1. The Morgan fingerprint density at radius 2 is 1.83 bits per heavy atom. The molecule has 1 aromatic carbocycles. The number of Topliss-reactive ketones (excluding diaryl/α,β-unsaturated/α-hetero) is 1. The van der Waals surface area contributed by atoms with E-state index in [1.54, 1.807) is 0 Å². The lowest BCUT2D eigenvalue weighted by atomic mass is 10.0. The maximum Gasteiger partial charge on any atom is 0.220 e. The molecule has 0 spiro atoms. The number of benzene rings is 1. The molecule has 1 amide bonds. The number of amides is 1. The van der Waals surface area contributed by atoms with E-state index in [-0.39, 0.29) is 30.6 Å². The fraction of sp³-hybridized carbons (Fsp3) is 0.333. The van der Waals surface area contributed by atoms with Crippen molar-refractivity contribution in [2.24, 2.45) is 0 Å². The number of carbonyl (C=O) groups excluding carboxylic acids is 2. The molecule has 0 saturated heterocycles. The van der Waals surface area contributed by atoms with Crippen LogP contribution in [0.2, 0.25) is 0 Å². The predicted octanol–water partition coefficient (Wildman–Crippen LogP) is 5.05. The normalized spacial score (nSPS) is 12.0. The van der Waals surface area contributed by atoms with Gasteiger partial charge < -0.3 is 5.32 Å². The highest BCUT2D eigenvalue weighted by Crippen LogP contribution is 2.20. The van der Waals surface area contributed by atoms with Gasteiger partial charge in [-0.05, 0) is 43.2 Å². The van der Waals surface area contributed by atoms with Crippen molar-refractivity contribution in [3.05, 3.63) is 56.2 Å². The van der Waals surface area contributed by atoms with Gasteiger partial charge in [-0.15, -0.1) is 11.3 Å². The summed E-state index contributed by atoms with van der Waals surface area (Å²) in [6, 6.07) is 11.7. The van der Waals surface area contributed by atoms with Crippen molar-refractivity contribution in [3.63, 3.8) is 0 Å². The first-order valence-electron chi connectivity index (χ1n) is 7.64. The molecular formula is C18H20BrNO2S. The van der Waals surface area contributed by atoms with Crippen LogP contribution in [0.15, 0.2) is 40.9 Å². The van der Waals surface area contributed by atoms with Gasteiger partial charge >= 0.3 is 0 Å². The Morgan fingerprint density at radius 1 is 1.13 bits per heavy atom. The zero-order valence-corrected chi connectivity index (χ0v) is 15.7. The molecule has 0 radical (unpaired) electrons. The van der Waals surface area contributed by atoms with Gasteiger partial charge in [-0.3, -0.25) is 9.59 Å². The minimum absolute atomic E-state index is 0.0188. The second-order valence-electron chi connectivity index (χ2n) is 5.41. The second-order valence-corrected chi connectivity index (χ2v) is 7.62. The molecular weight excluding hydrogens is 374 g/mol. The first kappa shape index (κ1) is 17.9. The summed E-state index contributed by atoms with van der Waals surface area (Å²) in [5, 5.41) is 3.01. The topological polar surface area (TPSA) is 46.2 Å². The third kappa shape index (κ3) is 5.29. The summed E-state index contributed by atoms with van der Waals surface area (Å²) in [4.78, 5) is 26.0. The Labute approximate surface area is 149 Å². The minimum atomic E-state index is -0.0820. The molecule has 0 aliphatic carbocycles. The van der Waals surface area contributed by atoms with E-state index in [1.165, 1.54) is 11.3 Å². The van der Waals surface area contributed by atoms with E-state index in [0.717, 1.165) is 26.2 Å². The molecule has 1 atom stereocenters. The molecule has 1 N–H and O–H groups in total. The molecule has 1 unspecified atom stereocenters. The van der Waals surface area contributed by atoms with E-state index in [4.69, 9.17) is 0 Å². The lowest BCUT2D eigenvalue weighted by Crippen LogP contribution is -2.28. The van der Waals surface area contributed by atoms with Gasteiger partial charge in [0.05, 0.1) is 10.9 Å². The molecule has 1 aromatic heterocycles. The Hall–Kier alpha value is -1.46. The van der Waals surface area contributed by atoms with Crippen molar-refractivity contribution in [1.29, 1.82) is 0 Å². The van der Waals surface area contributed by atoms with Crippen LogP contribution in [0, 0.1) is 6.92 Å². The van der Waals surface area contributed by atoms with E-state index >= 15 is 0 Å². The van der Waals surface area contributed by atoms with Crippen LogP contribution in [-0.2, 0) is 4.79 Å². The van der Waals surface area contributed by atoms with E-state index in [0.29, 0.717) is 0 Å². The van der Waals surface area contributed by atoms with Crippen LogP contribution >= 0.6 is 27.3 Å². The van der Waals surface area contributed by atoms with Gasteiger partial charge in [0.2, 0.25) is 5.91 Å². The largest absolute Gasteiger partial charge is 0.349 e. The molecule has 3 nitrogen and oxygen atoms in total. The average Bonchev–Trinajstić information content (AvgIpc) is 2.98. The summed E-state index contributed by atoms with van der Waals surface area (Å²) in [5.41, 5.74) is 1.07. The van der Waals surface area contributed by atoms with Crippen molar-refractivity contribution in [2.75, 3.05) is 0 Å². The fourth-order valence-corrected chi connectivity index (χ4v) is 3.42. The summed E-state index contributed by atoms with van der Waals surface area (Å²) < 4.78 is 1.01. The van der Waals surface area contributed by atoms with Gasteiger partial charge in [0.1, 0.15) is 0 Å². The first-order chi connectivity index (χ1) is 11.0. The van der Waals surface area contributed by atoms with Crippen LogP contribution in [0.5, 0.6) is 0 Å². The molecule has 2 aromatic rings. The number of hydrogen-bond donors (Lipinski definition) is 1. The third-order valence-electron chi connectivity index (χ3n) is 3.61. The van der Waals surface area contributed by atoms with Gasteiger partial charge in [-0.25, -0.2) is 0 Å². The van der Waals surface area contributed by atoms with E-state index in [2.05, 4.69) is 21.2 Å². The molecule has 0 aliphatic heterocycles. The number of ketones is 1. The summed E-state index contributed by atoms with van der Waals surface area (Å²) >= 11 is 4.89. The number of thiophene rings is 1. The summed E-state index contributed by atoms with van der Waals surface area (Å²) in [6.07, 6.45) is 1.29. The molecule has 0 bridgehead atoms. The molecule has 5 heteroatoms. The summed E-state index contributed by atoms with van der Waals surface area (Å²) in [6.45, 7) is 4.00. The van der Waals surface area contributed by atoms with Crippen molar-refractivity contribution in [3.8, 4) is 0 Å². The standard InChI is InChI=1S/C18H20BrNO2S/c1-3-15(13-5-7-14(19)8-6-13)20-18(22)11-9-16(21)17-10-4-12(2)23-17/h4-8,10,15H,3,9,11H2,1-2H3,(H,20,22). The van der Waals surface area contributed by atoms with Crippen molar-refractivity contribution in [2.45, 2.75) is 39.2 Å². The van der Waals surface area contributed by atoms with Crippen LogP contribution in [0.25, 0.3) is 0 Å². The first-order valence-corrected chi connectivity index (χ1v) is 9.25. The smallest absolute Gasteiger partial charge is 0.220 e. The maximum absolute atomic E-state index is 12.1. The number of carbonyl (C=O) groups is 2. The number of hydrogen-bond acceptors (Lipinski definition) is 3. The van der Waals surface area contributed by atoms with E-state index < -0.39 is 0 Å². The van der Waals surface area contributed by atoms with Crippen LogP contribution < -0.4 is 5.32 Å². The van der Waals surface area contributed by atoms with Crippen LogP contribution in [0.4, 0.5) is 0 Å². The molecule has 0 saturated carbocycles. The van der Waals surface area contributed by atoms with Gasteiger partial charge in [-0.1, -0.05) is 35.0 Å². The number of aryl methyl sites for hydroxylation is 1. The van der Waals surface area contributed by atoms with Gasteiger partial charge in [0.25, 0.3) is 0 Å². The van der Waals surface area contributed by atoms with Crippen molar-refractivity contribution >= 4 is 39.0 Å². The van der Waals surface area contributed by atoms with Crippen molar-refractivity contribution < 1.29 is 9.59 Å². The predicted molar refractivity (Wildman–Crippen MR) is 97.9 cm³/mol. The SMILES string of the molecule is CCC(NC(=O)CCC(=O)c1ccc(C)s1)c1ccc(Br)cc1. The lowest BCUT2D eigenvalue weighted by Gasteiger charge is -2.17. The Bertz CT molecular complexity index is 679. The van der Waals surface area contributed by atoms with Gasteiger partial charge in [-0.2, -0.15) is 0 Å². The molecule has 0 fully saturated rings. The monoisotopic (exact) mass is 393 g/mol. The van der Waals surface area contributed by atoms with E-state index in [9.17, 15) is 9.59 Å². The highest BCUT2D eigenvalue weighted by Gasteiger charge is 2.15. The minimum Gasteiger partial charge on any atom is -0.349 e. The Kier molecular flexibility index (Phi) is 6.54. The highest BCUT2D eigenvalue weighted by atomic mass is 79.9. The van der Waals surface area contributed by atoms with Crippen LogP contribution in [0.1, 0.15) is 52.3 Å². The number of nitrogens with one attached hydrogen (secondary N) is 1. The quantitative estimate of drug-likeness (QED) is 0.668. The zero-order chi connectivity index (χ0) is 16.8. The van der Waals surface area contributed by atoms with Gasteiger partial charge in [0.15, 0.2) is 5.78 Å². The van der Waals surface area contributed by atoms with Crippen molar-refractivity contribution in [1.82, 2.24) is 5.32 Å². The lowest BCUT2D eigenvalue weighted by molar-refractivity contribution is -0.121. The summed E-state index contributed by atoms with van der Waals surface area (Å²) in [7, 11) is 0. The molecule has 2 rings (SSSR count). The third-order valence-corrected chi connectivity index (χ3v) is 5.18. The van der Waals surface area contributed by atoms with Crippen LogP contribution in [0.3, 0.4) is 0 Å². The number of rotatable bonds is 7. The van der Waals surface area contributed by atoms with Crippen LogP contribution in [-0.4, -0.2) is 11.7 Å². The summed E-state index contributed by atoms with van der Waals surface area (Å²) in [5.74, 6) is -0.0451. The second kappa shape index (κ2) is 8.41. The Balaban J connectivity index is 1.87. The average molecular weight is 394 g/mol. The van der Waals surface area contributed by atoms with Gasteiger partial charge in [0, 0.05) is 22.2 Å². The Morgan fingerprint density at radius 3 is 2.39 bits per heavy atom. The molecule has 1 heterocycles. The highest BCUT2D eigenvalue weighted by molar-refractivity contribution is 9.10. The molecule has 0 aliphatic rings. The molecule has 122 valence electrons. The van der Waals surface area contributed by atoms with E-state index in [1.807, 2.05) is 50.2 Å². The zero-order valence-electron chi connectivity index (χ0n) is 13.3. The molecule has 23 heavy (non-hydrogen) atoms. The fourth-order valence-electron chi connectivity index (χ4n) is 2.32.